The van der Waals surface area contributed by atoms with E-state index in [1.807, 2.05) is 56.3 Å². The lowest BCUT2D eigenvalue weighted by Crippen LogP contribution is -2.50. The smallest absolute Gasteiger partial charge is 0.242 e. The molecule has 0 bridgehead atoms. The molecule has 0 spiro atoms. The van der Waals surface area contributed by atoms with E-state index in [-0.39, 0.29) is 17.6 Å². The summed E-state index contributed by atoms with van der Waals surface area (Å²) < 4.78 is 0. The second kappa shape index (κ2) is 13.0. The van der Waals surface area contributed by atoms with Gasteiger partial charge in [0.05, 0.1) is 15.8 Å². The summed E-state index contributed by atoms with van der Waals surface area (Å²) in [5, 5.41) is 3.96. The molecule has 0 saturated heterocycles. The molecule has 31 heavy (non-hydrogen) atoms. The van der Waals surface area contributed by atoms with Crippen molar-refractivity contribution in [3.63, 3.8) is 0 Å². The predicted octanol–water partition coefficient (Wildman–Crippen LogP) is 5.46. The van der Waals surface area contributed by atoms with Gasteiger partial charge in [-0.05, 0) is 42.5 Å². The van der Waals surface area contributed by atoms with Crippen molar-refractivity contribution in [3.05, 3.63) is 69.7 Å². The Morgan fingerprint density at radius 3 is 2.35 bits per heavy atom. The number of halogens is 2. The van der Waals surface area contributed by atoms with Crippen molar-refractivity contribution >= 4 is 46.8 Å². The largest absolute Gasteiger partial charge is 0.354 e. The summed E-state index contributed by atoms with van der Waals surface area (Å²) >= 11 is 13.5. The lowest BCUT2D eigenvalue weighted by Gasteiger charge is -2.29. The zero-order chi connectivity index (χ0) is 22.8. The molecule has 2 aromatic carbocycles. The number of thioether (sulfide) groups is 1. The van der Waals surface area contributed by atoms with Crippen molar-refractivity contribution in [1.82, 2.24) is 10.2 Å². The molecular weight excluding hydrogens is 451 g/mol. The van der Waals surface area contributed by atoms with E-state index >= 15 is 0 Å². The number of rotatable bonds is 11. The maximum atomic E-state index is 13.0. The van der Waals surface area contributed by atoms with Crippen LogP contribution < -0.4 is 5.32 Å². The zero-order valence-corrected chi connectivity index (χ0v) is 20.6. The number of amides is 2. The molecule has 0 aliphatic rings. The van der Waals surface area contributed by atoms with Crippen LogP contribution in [0, 0.1) is 5.92 Å². The van der Waals surface area contributed by atoms with Gasteiger partial charge in [0.15, 0.2) is 0 Å². The maximum Gasteiger partial charge on any atom is 0.242 e. The molecule has 0 heterocycles. The number of nitrogens with one attached hydrogen (secondary N) is 1. The van der Waals surface area contributed by atoms with Crippen molar-refractivity contribution in [3.8, 4) is 0 Å². The van der Waals surface area contributed by atoms with Crippen LogP contribution >= 0.6 is 35.0 Å². The first-order chi connectivity index (χ1) is 14.8. The average molecular weight is 481 g/mol. The van der Waals surface area contributed by atoms with Gasteiger partial charge in [-0.3, -0.25) is 9.59 Å². The molecule has 0 radical (unpaired) electrons. The standard InChI is InChI=1S/C24H30Cl2N2O2S/c1-17(2)14-27-24(30)18(3)28(12-11-19-7-5-4-6-8-19)23(29)16-31-15-20-9-10-21(25)22(26)13-20/h4-10,13,17-18H,11-12,14-16H2,1-3H3,(H,27,30)/t18-/m0/s1. The topological polar surface area (TPSA) is 49.4 Å². The Morgan fingerprint density at radius 2 is 1.71 bits per heavy atom. The first-order valence-corrected chi connectivity index (χ1v) is 12.3. The number of benzene rings is 2. The molecule has 1 atom stereocenters. The van der Waals surface area contributed by atoms with Crippen molar-refractivity contribution in [2.24, 2.45) is 5.92 Å². The molecule has 1 N–H and O–H groups in total. The maximum absolute atomic E-state index is 13.0. The monoisotopic (exact) mass is 480 g/mol. The first kappa shape index (κ1) is 25.6. The third kappa shape index (κ3) is 8.76. The second-order valence-electron chi connectivity index (χ2n) is 7.88. The van der Waals surface area contributed by atoms with Crippen LogP contribution in [0.15, 0.2) is 48.5 Å². The Morgan fingerprint density at radius 1 is 1.00 bits per heavy atom. The van der Waals surface area contributed by atoms with E-state index in [2.05, 4.69) is 5.32 Å². The molecule has 7 heteroatoms. The van der Waals surface area contributed by atoms with Crippen LogP contribution in [0.2, 0.25) is 10.0 Å². The zero-order valence-electron chi connectivity index (χ0n) is 18.2. The van der Waals surface area contributed by atoms with Crippen LogP contribution in [0.4, 0.5) is 0 Å². The van der Waals surface area contributed by atoms with Gasteiger partial charge in [0.25, 0.3) is 0 Å². The van der Waals surface area contributed by atoms with Gasteiger partial charge in [0.2, 0.25) is 11.8 Å². The molecule has 0 saturated carbocycles. The molecule has 0 fully saturated rings. The number of hydrogen-bond donors (Lipinski definition) is 1. The van der Waals surface area contributed by atoms with Crippen LogP contribution in [0.3, 0.4) is 0 Å². The Balaban J connectivity index is 1.99. The van der Waals surface area contributed by atoms with E-state index in [1.54, 1.807) is 17.9 Å². The summed E-state index contributed by atoms with van der Waals surface area (Å²) in [6.07, 6.45) is 0.700. The quantitative estimate of drug-likeness (QED) is 0.464. The second-order valence-corrected chi connectivity index (χ2v) is 9.68. The van der Waals surface area contributed by atoms with Crippen LogP contribution in [0.1, 0.15) is 31.9 Å². The van der Waals surface area contributed by atoms with Gasteiger partial charge in [-0.2, -0.15) is 0 Å². The Kier molecular flexibility index (Phi) is 10.7. The summed E-state index contributed by atoms with van der Waals surface area (Å²) in [6, 6.07) is 14.9. The summed E-state index contributed by atoms with van der Waals surface area (Å²) in [5.74, 6) is 1.11. The van der Waals surface area contributed by atoms with Gasteiger partial charge in [-0.1, -0.05) is 73.4 Å². The molecule has 2 amide bonds. The summed E-state index contributed by atoms with van der Waals surface area (Å²) in [7, 11) is 0. The van der Waals surface area contributed by atoms with E-state index in [9.17, 15) is 9.59 Å². The normalized spacial score (nSPS) is 11.9. The highest BCUT2D eigenvalue weighted by Crippen LogP contribution is 2.25. The van der Waals surface area contributed by atoms with Crippen molar-refractivity contribution in [2.75, 3.05) is 18.8 Å². The van der Waals surface area contributed by atoms with Crippen LogP contribution in [0.25, 0.3) is 0 Å². The van der Waals surface area contributed by atoms with Gasteiger partial charge in [-0.15, -0.1) is 11.8 Å². The van der Waals surface area contributed by atoms with Gasteiger partial charge in [0, 0.05) is 18.8 Å². The third-order valence-corrected chi connectivity index (χ3v) is 6.54. The van der Waals surface area contributed by atoms with Gasteiger partial charge in [0.1, 0.15) is 6.04 Å². The van der Waals surface area contributed by atoms with E-state index in [4.69, 9.17) is 23.2 Å². The summed E-state index contributed by atoms with van der Waals surface area (Å²) in [5.41, 5.74) is 2.14. The number of nitrogens with zero attached hydrogens (tertiary/aromatic N) is 1. The predicted molar refractivity (Wildman–Crippen MR) is 132 cm³/mol. The SMILES string of the molecule is CC(C)CNC(=O)[C@H](C)N(CCc1ccccc1)C(=O)CSCc1ccc(Cl)c(Cl)c1. The van der Waals surface area contributed by atoms with E-state index in [1.165, 1.54) is 11.8 Å². The van der Waals surface area contributed by atoms with Gasteiger partial charge in [-0.25, -0.2) is 0 Å². The highest BCUT2D eigenvalue weighted by atomic mass is 35.5. The first-order valence-electron chi connectivity index (χ1n) is 10.4. The van der Waals surface area contributed by atoms with Gasteiger partial charge < -0.3 is 10.2 Å². The highest BCUT2D eigenvalue weighted by Gasteiger charge is 2.25. The lowest BCUT2D eigenvalue weighted by molar-refractivity contribution is -0.138. The fraction of sp³-hybridized carbons (Fsp3) is 0.417. The highest BCUT2D eigenvalue weighted by molar-refractivity contribution is 7.99. The third-order valence-electron chi connectivity index (χ3n) is 4.81. The number of carbonyl (C=O) groups is 2. The molecule has 0 aliphatic heterocycles. The summed E-state index contributed by atoms with van der Waals surface area (Å²) in [4.78, 5) is 27.4. The minimum absolute atomic E-state index is 0.0480. The Bertz CT molecular complexity index is 862. The number of hydrogen-bond acceptors (Lipinski definition) is 3. The Hall–Kier alpha value is -1.69. The number of carbonyl (C=O) groups excluding carboxylic acids is 2. The fourth-order valence-corrected chi connectivity index (χ4v) is 4.17. The van der Waals surface area contributed by atoms with E-state index < -0.39 is 6.04 Å². The van der Waals surface area contributed by atoms with Crippen molar-refractivity contribution in [2.45, 2.75) is 39.0 Å². The fourth-order valence-electron chi connectivity index (χ4n) is 2.99. The molecular formula is C24H30Cl2N2O2S. The molecule has 0 unspecified atom stereocenters. The van der Waals surface area contributed by atoms with Crippen LogP contribution in [-0.4, -0.2) is 41.6 Å². The Labute approximate surface area is 199 Å². The van der Waals surface area contributed by atoms with E-state index in [0.717, 1.165) is 11.1 Å². The molecule has 0 aromatic heterocycles. The van der Waals surface area contributed by atoms with Crippen LogP contribution in [-0.2, 0) is 21.8 Å². The molecule has 4 nitrogen and oxygen atoms in total. The molecule has 2 aromatic rings. The summed E-state index contributed by atoms with van der Waals surface area (Å²) in [6.45, 7) is 6.97. The van der Waals surface area contributed by atoms with Gasteiger partial charge >= 0.3 is 0 Å². The van der Waals surface area contributed by atoms with Crippen molar-refractivity contribution < 1.29 is 9.59 Å². The van der Waals surface area contributed by atoms with Crippen molar-refractivity contribution in [1.29, 1.82) is 0 Å². The average Bonchev–Trinajstić information content (AvgIpc) is 2.75. The molecule has 0 aliphatic carbocycles. The van der Waals surface area contributed by atoms with Crippen LogP contribution in [0.5, 0.6) is 0 Å². The molecule has 168 valence electrons. The lowest BCUT2D eigenvalue weighted by atomic mass is 10.1. The molecule has 2 rings (SSSR count). The van der Waals surface area contributed by atoms with E-state index in [0.29, 0.717) is 41.2 Å². The minimum atomic E-state index is -0.527. The minimum Gasteiger partial charge on any atom is -0.354 e.